The molecular weight excluding hydrogens is 386 g/mol. The van der Waals surface area contributed by atoms with Crippen molar-refractivity contribution < 1.29 is 8.94 Å². The number of hydrogen-bond donors (Lipinski definition) is 0. The van der Waals surface area contributed by atoms with Gasteiger partial charge in [-0.3, -0.25) is 4.57 Å². The quantitative estimate of drug-likeness (QED) is 0.360. The molecule has 0 spiro atoms. The monoisotopic (exact) mass is 409 g/mol. The van der Waals surface area contributed by atoms with Crippen molar-refractivity contribution in [3.63, 3.8) is 0 Å². The lowest BCUT2D eigenvalue weighted by atomic mass is 10.2. The Morgan fingerprint density at radius 2 is 1.97 bits per heavy atom. The SMILES string of the molecule is CCCCc1noc(C(C)Sc2nnc(-c3ccoc3C)n2-c2ccccc2)n1. The summed E-state index contributed by atoms with van der Waals surface area (Å²) in [5.41, 5.74) is 1.90. The first-order valence-corrected chi connectivity index (χ1v) is 10.6. The summed E-state index contributed by atoms with van der Waals surface area (Å²) >= 11 is 1.54. The van der Waals surface area contributed by atoms with E-state index >= 15 is 0 Å². The van der Waals surface area contributed by atoms with Gasteiger partial charge in [0, 0.05) is 12.1 Å². The van der Waals surface area contributed by atoms with Crippen LogP contribution in [-0.2, 0) is 6.42 Å². The Morgan fingerprint density at radius 3 is 2.69 bits per heavy atom. The Morgan fingerprint density at radius 1 is 1.14 bits per heavy atom. The number of aromatic nitrogens is 5. The number of rotatable bonds is 8. The van der Waals surface area contributed by atoms with E-state index in [1.807, 2.05) is 54.8 Å². The van der Waals surface area contributed by atoms with E-state index in [4.69, 9.17) is 8.94 Å². The van der Waals surface area contributed by atoms with E-state index in [0.717, 1.165) is 53.1 Å². The van der Waals surface area contributed by atoms with E-state index < -0.39 is 0 Å². The number of benzene rings is 1. The molecule has 0 bridgehead atoms. The predicted molar refractivity (Wildman–Crippen MR) is 111 cm³/mol. The average Bonchev–Trinajstić information content (AvgIpc) is 3.46. The molecule has 4 rings (SSSR count). The Labute approximate surface area is 173 Å². The second kappa shape index (κ2) is 8.65. The first-order chi connectivity index (χ1) is 14.2. The zero-order valence-corrected chi connectivity index (χ0v) is 17.5. The minimum absolute atomic E-state index is 0.0529. The molecule has 0 amide bonds. The predicted octanol–water partition coefficient (Wildman–Crippen LogP) is 5.41. The van der Waals surface area contributed by atoms with Gasteiger partial charge < -0.3 is 8.94 Å². The molecule has 3 heterocycles. The van der Waals surface area contributed by atoms with Crippen LogP contribution in [0.3, 0.4) is 0 Å². The summed E-state index contributed by atoms with van der Waals surface area (Å²) in [5.74, 6) is 2.90. The first-order valence-electron chi connectivity index (χ1n) is 9.71. The van der Waals surface area contributed by atoms with Gasteiger partial charge in [0.2, 0.25) is 5.89 Å². The molecule has 1 unspecified atom stereocenters. The number of furan rings is 1. The lowest BCUT2D eigenvalue weighted by molar-refractivity contribution is 0.374. The van der Waals surface area contributed by atoms with Gasteiger partial charge in [-0.25, -0.2) is 0 Å². The molecule has 3 aromatic heterocycles. The lowest BCUT2D eigenvalue weighted by Gasteiger charge is -2.11. The second-order valence-electron chi connectivity index (χ2n) is 6.78. The molecule has 0 fully saturated rings. The van der Waals surface area contributed by atoms with Crippen molar-refractivity contribution in [2.24, 2.45) is 0 Å². The molecule has 0 aliphatic rings. The number of unbranched alkanes of at least 4 members (excludes halogenated alkanes) is 1. The molecule has 29 heavy (non-hydrogen) atoms. The highest BCUT2D eigenvalue weighted by Gasteiger charge is 2.23. The molecule has 0 radical (unpaired) electrons. The van der Waals surface area contributed by atoms with Crippen LogP contribution in [0.2, 0.25) is 0 Å². The third kappa shape index (κ3) is 4.12. The minimum atomic E-state index is -0.0529. The molecule has 0 aliphatic heterocycles. The van der Waals surface area contributed by atoms with E-state index in [2.05, 4.69) is 27.3 Å². The van der Waals surface area contributed by atoms with E-state index in [1.54, 1.807) is 18.0 Å². The molecule has 1 aromatic carbocycles. The molecule has 0 saturated heterocycles. The number of nitrogens with zero attached hydrogens (tertiary/aromatic N) is 5. The van der Waals surface area contributed by atoms with Crippen LogP contribution in [0.25, 0.3) is 17.1 Å². The van der Waals surface area contributed by atoms with Crippen LogP contribution in [-0.4, -0.2) is 24.9 Å². The van der Waals surface area contributed by atoms with Gasteiger partial charge in [-0.05, 0) is 38.5 Å². The Kier molecular flexibility index (Phi) is 5.80. The third-order valence-electron chi connectivity index (χ3n) is 4.62. The van der Waals surface area contributed by atoms with Gasteiger partial charge in [0.15, 0.2) is 16.8 Å². The third-order valence-corrected chi connectivity index (χ3v) is 5.65. The fraction of sp³-hybridized carbons (Fsp3) is 0.333. The summed E-state index contributed by atoms with van der Waals surface area (Å²) in [7, 11) is 0. The van der Waals surface area contributed by atoms with Crippen molar-refractivity contribution in [1.82, 2.24) is 24.9 Å². The van der Waals surface area contributed by atoms with Gasteiger partial charge in [-0.1, -0.05) is 48.5 Å². The summed E-state index contributed by atoms with van der Waals surface area (Å²) in [6.07, 6.45) is 4.66. The molecule has 0 saturated carbocycles. The first kappa shape index (κ1) is 19.4. The van der Waals surface area contributed by atoms with E-state index in [0.29, 0.717) is 5.89 Å². The van der Waals surface area contributed by atoms with Crippen molar-refractivity contribution in [2.45, 2.75) is 50.4 Å². The van der Waals surface area contributed by atoms with Crippen LogP contribution in [0, 0.1) is 6.92 Å². The summed E-state index contributed by atoms with van der Waals surface area (Å²) < 4.78 is 13.0. The molecule has 0 aliphatic carbocycles. The lowest BCUT2D eigenvalue weighted by Crippen LogP contribution is -2.01. The smallest absolute Gasteiger partial charge is 0.239 e. The summed E-state index contributed by atoms with van der Waals surface area (Å²) in [4.78, 5) is 4.55. The van der Waals surface area contributed by atoms with Crippen LogP contribution in [0.1, 0.15) is 49.4 Å². The molecule has 8 heteroatoms. The maximum atomic E-state index is 5.49. The van der Waals surface area contributed by atoms with E-state index in [1.165, 1.54) is 0 Å². The van der Waals surface area contributed by atoms with Crippen LogP contribution >= 0.6 is 11.8 Å². The molecule has 4 aromatic rings. The van der Waals surface area contributed by atoms with Gasteiger partial charge in [0.05, 0.1) is 17.1 Å². The minimum Gasteiger partial charge on any atom is -0.469 e. The Hall–Kier alpha value is -2.87. The highest BCUT2D eigenvalue weighted by molar-refractivity contribution is 7.99. The number of aryl methyl sites for hydroxylation is 2. The maximum absolute atomic E-state index is 5.49. The summed E-state index contributed by atoms with van der Waals surface area (Å²) in [6.45, 7) is 6.11. The molecular formula is C21H23N5O2S. The van der Waals surface area contributed by atoms with Crippen molar-refractivity contribution in [3.8, 4) is 17.1 Å². The molecule has 1 atom stereocenters. The molecule has 7 nitrogen and oxygen atoms in total. The standard InChI is InChI=1S/C21H23N5O2S/c1-4-5-11-18-22-20(28-25-18)15(3)29-21-24-23-19(17-12-13-27-14(17)2)26(21)16-9-7-6-8-10-16/h6-10,12-13,15H,4-5,11H2,1-3H3. The van der Waals surface area contributed by atoms with Crippen LogP contribution in [0.5, 0.6) is 0 Å². The number of thioether (sulfide) groups is 1. The van der Waals surface area contributed by atoms with Gasteiger partial charge in [-0.2, -0.15) is 4.98 Å². The Balaban J connectivity index is 1.66. The zero-order chi connectivity index (χ0) is 20.2. The van der Waals surface area contributed by atoms with Crippen molar-refractivity contribution in [1.29, 1.82) is 0 Å². The summed E-state index contributed by atoms with van der Waals surface area (Å²) in [6, 6.07) is 12.0. The van der Waals surface area contributed by atoms with E-state index in [-0.39, 0.29) is 5.25 Å². The zero-order valence-electron chi connectivity index (χ0n) is 16.7. The van der Waals surface area contributed by atoms with Crippen molar-refractivity contribution in [2.75, 3.05) is 0 Å². The van der Waals surface area contributed by atoms with Gasteiger partial charge in [-0.15, -0.1) is 10.2 Å². The highest BCUT2D eigenvalue weighted by Crippen LogP contribution is 2.37. The molecule has 150 valence electrons. The molecule has 0 N–H and O–H groups in total. The Bertz CT molecular complexity index is 1070. The number of hydrogen-bond acceptors (Lipinski definition) is 7. The second-order valence-corrected chi connectivity index (χ2v) is 8.09. The topological polar surface area (TPSA) is 82.8 Å². The van der Waals surface area contributed by atoms with E-state index in [9.17, 15) is 0 Å². The van der Waals surface area contributed by atoms with Gasteiger partial charge >= 0.3 is 0 Å². The average molecular weight is 410 g/mol. The van der Waals surface area contributed by atoms with Crippen LogP contribution in [0.4, 0.5) is 0 Å². The highest BCUT2D eigenvalue weighted by atomic mass is 32.2. The van der Waals surface area contributed by atoms with Crippen molar-refractivity contribution in [3.05, 3.63) is 60.1 Å². The van der Waals surface area contributed by atoms with Gasteiger partial charge in [0.25, 0.3) is 0 Å². The number of para-hydroxylation sites is 1. The fourth-order valence-electron chi connectivity index (χ4n) is 3.03. The summed E-state index contributed by atoms with van der Waals surface area (Å²) in [5, 5.41) is 13.7. The van der Waals surface area contributed by atoms with Crippen LogP contribution in [0.15, 0.2) is 56.8 Å². The largest absolute Gasteiger partial charge is 0.469 e. The fourth-order valence-corrected chi connectivity index (χ4v) is 3.92. The maximum Gasteiger partial charge on any atom is 0.239 e. The van der Waals surface area contributed by atoms with Gasteiger partial charge in [0.1, 0.15) is 5.76 Å². The van der Waals surface area contributed by atoms with Crippen molar-refractivity contribution >= 4 is 11.8 Å². The van der Waals surface area contributed by atoms with Crippen LogP contribution < -0.4 is 0 Å². The normalized spacial score (nSPS) is 12.4.